The highest BCUT2D eigenvalue weighted by atomic mass is 32.2. The van der Waals surface area contributed by atoms with Crippen molar-refractivity contribution in [1.29, 1.82) is 0 Å². The lowest BCUT2D eigenvalue weighted by Gasteiger charge is -2.33. The molecule has 1 rings (SSSR count). The maximum atomic E-state index is 11.7. The summed E-state index contributed by atoms with van der Waals surface area (Å²) < 4.78 is 26.4. The van der Waals surface area contributed by atoms with E-state index in [1.807, 2.05) is 6.92 Å². The number of nitrogens with zero attached hydrogens (tertiary/aromatic N) is 2. The van der Waals surface area contributed by atoms with Crippen molar-refractivity contribution >= 4 is 10.2 Å². The maximum absolute atomic E-state index is 11.7. The molecule has 1 fully saturated rings. The molecule has 0 N–H and O–H groups in total. The van der Waals surface area contributed by atoms with Gasteiger partial charge >= 0.3 is 0 Å². The molecule has 0 spiro atoms. The molecule has 1 heterocycles. The van der Waals surface area contributed by atoms with Gasteiger partial charge in [-0.15, -0.1) is 0 Å². The Labute approximate surface area is 80.7 Å². The van der Waals surface area contributed by atoms with Gasteiger partial charge in [-0.25, -0.2) is 0 Å². The quantitative estimate of drug-likeness (QED) is 0.666. The number of hydrogen-bond acceptors (Lipinski definition) is 2. The Morgan fingerprint density at radius 1 is 1.31 bits per heavy atom. The van der Waals surface area contributed by atoms with Gasteiger partial charge in [-0.1, -0.05) is 6.42 Å². The Bertz CT molecular complexity index is 261. The molecule has 4 nitrogen and oxygen atoms in total. The SMILES string of the molecule is CC1CCCCN1S(=O)(=O)N(C)C. The van der Waals surface area contributed by atoms with Gasteiger partial charge in [-0.2, -0.15) is 17.0 Å². The van der Waals surface area contributed by atoms with Crippen LogP contribution in [0.4, 0.5) is 0 Å². The third-order valence-electron chi connectivity index (χ3n) is 2.50. The van der Waals surface area contributed by atoms with E-state index in [-0.39, 0.29) is 6.04 Å². The van der Waals surface area contributed by atoms with Crippen LogP contribution in [0.25, 0.3) is 0 Å². The zero-order chi connectivity index (χ0) is 10.1. The van der Waals surface area contributed by atoms with Gasteiger partial charge in [0.15, 0.2) is 0 Å². The van der Waals surface area contributed by atoms with Gasteiger partial charge in [0.25, 0.3) is 10.2 Å². The maximum Gasteiger partial charge on any atom is 0.281 e. The van der Waals surface area contributed by atoms with Crippen molar-refractivity contribution < 1.29 is 8.42 Å². The lowest BCUT2D eigenvalue weighted by atomic mass is 10.1. The first kappa shape index (κ1) is 10.9. The van der Waals surface area contributed by atoms with E-state index >= 15 is 0 Å². The molecule has 1 unspecified atom stereocenters. The highest BCUT2D eigenvalue weighted by molar-refractivity contribution is 7.86. The van der Waals surface area contributed by atoms with Gasteiger partial charge in [0.1, 0.15) is 0 Å². The molecule has 1 aliphatic rings. The zero-order valence-electron chi connectivity index (χ0n) is 8.52. The number of hydrogen-bond donors (Lipinski definition) is 0. The molecular weight excluding hydrogens is 188 g/mol. The van der Waals surface area contributed by atoms with Gasteiger partial charge in [0.2, 0.25) is 0 Å². The van der Waals surface area contributed by atoms with E-state index in [1.165, 1.54) is 4.31 Å². The van der Waals surface area contributed by atoms with E-state index in [2.05, 4.69) is 0 Å². The van der Waals surface area contributed by atoms with Crippen LogP contribution in [-0.4, -0.2) is 43.7 Å². The largest absolute Gasteiger partial charge is 0.281 e. The van der Waals surface area contributed by atoms with Crippen molar-refractivity contribution in [2.24, 2.45) is 0 Å². The lowest BCUT2D eigenvalue weighted by Crippen LogP contribution is -2.47. The summed E-state index contributed by atoms with van der Waals surface area (Å²) in [6, 6.07) is 0.154. The van der Waals surface area contributed by atoms with Crippen LogP contribution < -0.4 is 0 Å². The van der Waals surface area contributed by atoms with Crippen LogP contribution in [0.3, 0.4) is 0 Å². The fourth-order valence-corrected chi connectivity index (χ4v) is 2.96. The molecule has 78 valence electrons. The van der Waals surface area contributed by atoms with Gasteiger partial charge < -0.3 is 0 Å². The predicted molar refractivity (Wildman–Crippen MR) is 52.6 cm³/mol. The second kappa shape index (κ2) is 3.94. The van der Waals surface area contributed by atoms with E-state index in [0.717, 1.165) is 19.3 Å². The van der Waals surface area contributed by atoms with Crippen molar-refractivity contribution in [2.75, 3.05) is 20.6 Å². The average Bonchev–Trinajstić information content (AvgIpc) is 2.04. The summed E-state index contributed by atoms with van der Waals surface area (Å²) in [6.07, 6.45) is 3.10. The van der Waals surface area contributed by atoms with Crippen LogP contribution in [0.15, 0.2) is 0 Å². The Hall–Kier alpha value is -0.130. The van der Waals surface area contributed by atoms with Crippen LogP contribution in [0.2, 0.25) is 0 Å². The molecule has 1 aliphatic heterocycles. The van der Waals surface area contributed by atoms with Crippen LogP contribution in [-0.2, 0) is 10.2 Å². The summed E-state index contributed by atoms with van der Waals surface area (Å²) in [5.41, 5.74) is 0. The highest BCUT2D eigenvalue weighted by Crippen LogP contribution is 2.20. The van der Waals surface area contributed by atoms with E-state index < -0.39 is 10.2 Å². The molecule has 0 amide bonds. The summed E-state index contributed by atoms with van der Waals surface area (Å²) in [7, 11) is -0.0224. The third kappa shape index (κ3) is 2.21. The molecule has 0 bridgehead atoms. The molecule has 13 heavy (non-hydrogen) atoms. The Morgan fingerprint density at radius 3 is 2.38 bits per heavy atom. The van der Waals surface area contributed by atoms with Gasteiger partial charge in [0, 0.05) is 26.7 Å². The molecule has 0 aromatic heterocycles. The number of rotatable bonds is 2. The summed E-state index contributed by atoms with van der Waals surface area (Å²) in [5.74, 6) is 0. The van der Waals surface area contributed by atoms with Gasteiger partial charge in [0.05, 0.1) is 0 Å². The van der Waals surface area contributed by atoms with Crippen molar-refractivity contribution in [1.82, 2.24) is 8.61 Å². The van der Waals surface area contributed by atoms with Crippen LogP contribution in [0.5, 0.6) is 0 Å². The Balaban J connectivity index is 2.80. The fourth-order valence-electron chi connectivity index (χ4n) is 1.62. The first-order valence-corrected chi connectivity index (χ1v) is 6.05. The van der Waals surface area contributed by atoms with Crippen molar-refractivity contribution in [3.05, 3.63) is 0 Å². The highest BCUT2D eigenvalue weighted by Gasteiger charge is 2.30. The summed E-state index contributed by atoms with van der Waals surface area (Å²) in [6.45, 7) is 2.64. The summed E-state index contributed by atoms with van der Waals surface area (Å²) >= 11 is 0. The van der Waals surface area contributed by atoms with E-state index in [4.69, 9.17) is 0 Å². The molecule has 0 aromatic carbocycles. The van der Waals surface area contributed by atoms with Crippen molar-refractivity contribution in [2.45, 2.75) is 32.2 Å². The second-order valence-electron chi connectivity index (χ2n) is 3.75. The first-order chi connectivity index (χ1) is 5.96. The average molecular weight is 206 g/mol. The molecule has 0 radical (unpaired) electrons. The summed E-state index contributed by atoms with van der Waals surface area (Å²) in [5, 5.41) is 0. The smallest absolute Gasteiger partial charge is 0.195 e. The fraction of sp³-hybridized carbons (Fsp3) is 1.00. The first-order valence-electron chi connectivity index (χ1n) is 4.65. The second-order valence-corrected chi connectivity index (χ2v) is 5.84. The normalized spacial score (nSPS) is 26.6. The molecule has 0 aliphatic carbocycles. The zero-order valence-corrected chi connectivity index (χ0v) is 9.34. The Morgan fingerprint density at radius 2 is 1.92 bits per heavy atom. The molecule has 0 aromatic rings. The van der Waals surface area contributed by atoms with Crippen LogP contribution >= 0.6 is 0 Å². The van der Waals surface area contributed by atoms with E-state index in [0.29, 0.717) is 6.54 Å². The van der Waals surface area contributed by atoms with Crippen molar-refractivity contribution in [3.63, 3.8) is 0 Å². The van der Waals surface area contributed by atoms with Gasteiger partial charge in [-0.3, -0.25) is 0 Å². The third-order valence-corrected chi connectivity index (χ3v) is 4.56. The standard InChI is InChI=1S/C8H18N2O2S/c1-8-6-4-5-7-10(8)13(11,12)9(2)3/h8H,4-7H2,1-3H3. The number of piperidine rings is 1. The van der Waals surface area contributed by atoms with Crippen molar-refractivity contribution in [3.8, 4) is 0 Å². The molecule has 0 saturated carbocycles. The minimum absolute atomic E-state index is 0.154. The molecule has 1 saturated heterocycles. The summed E-state index contributed by atoms with van der Waals surface area (Å²) in [4.78, 5) is 0. The topological polar surface area (TPSA) is 40.6 Å². The van der Waals surface area contributed by atoms with Gasteiger partial charge in [-0.05, 0) is 19.8 Å². The predicted octanol–water partition coefficient (Wildman–Crippen LogP) is 0.667. The minimum atomic E-state index is -3.18. The van der Waals surface area contributed by atoms with E-state index in [1.54, 1.807) is 18.4 Å². The van der Waals surface area contributed by atoms with Crippen LogP contribution in [0, 0.1) is 0 Å². The van der Waals surface area contributed by atoms with Crippen LogP contribution in [0.1, 0.15) is 26.2 Å². The minimum Gasteiger partial charge on any atom is -0.195 e. The lowest BCUT2D eigenvalue weighted by molar-refractivity contribution is 0.255. The van der Waals surface area contributed by atoms with E-state index in [9.17, 15) is 8.42 Å². The molecule has 1 atom stereocenters. The molecule has 5 heteroatoms. The molecular formula is C8H18N2O2S. The Kier molecular flexibility index (Phi) is 3.32. The monoisotopic (exact) mass is 206 g/mol.